The predicted octanol–water partition coefficient (Wildman–Crippen LogP) is 2.01. The lowest BCUT2D eigenvalue weighted by molar-refractivity contribution is -0.130. The first-order valence-electron chi connectivity index (χ1n) is 6.68. The largest absolute Gasteiger partial charge is 0.496 e. The van der Waals surface area contributed by atoms with E-state index in [-0.39, 0.29) is 11.8 Å². The van der Waals surface area contributed by atoms with Crippen LogP contribution in [0.2, 0.25) is 0 Å². The lowest BCUT2D eigenvalue weighted by Crippen LogP contribution is -2.38. The van der Waals surface area contributed by atoms with E-state index >= 15 is 0 Å². The molecule has 0 aliphatic rings. The van der Waals surface area contributed by atoms with Gasteiger partial charge in [0.15, 0.2) is 0 Å². The first kappa shape index (κ1) is 16.4. The molecule has 0 saturated carbocycles. The minimum absolute atomic E-state index is 0.0200. The van der Waals surface area contributed by atoms with Gasteiger partial charge in [0.2, 0.25) is 5.91 Å². The summed E-state index contributed by atoms with van der Waals surface area (Å²) in [4.78, 5) is 14.6. The summed E-state index contributed by atoms with van der Waals surface area (Å²) in [6, 6.07) is 7.55. The van der Waals surface area contributed by atoms with Crippen LogP contribution in [-0.2, 0) is 11.2 Å². The van der Waals surface area contributed by atoms with E-state index in [2.05, 4.69) is 0 Å². The highest BCUT2D eigenvalue weighted by atomic mass is 32.1. The number of amides is 1. The maximum atomic E-state index is 12.4. The molecule has 0 heterocycles. The number of nitrogens with zero attached hydrogens (tertiary/aromatic N) is 1. The second kappa shape index (κ2) is 7.85. The van der Waals surface area contributed by atoms with Crippen LogP contribution in [-0.4, -0.2) is 36.0 Å². The van der Waals surface area contributed by atoms with E-state index in [1.54, 1.807) is 12.0 Å². The lowest BCUT2D eigenvalue weighted by atomic mass is 10.1. The van der Waals surface area contributed by atoms with E-state index in [1.165, 1.54) is 0 Å². The minimum Gasteiger partial charge on any atom is -0.496 e. The second-order valence-corrected chi connectivity index (χ2v) is 5.20. The van der Waals surface area contributed by atoms with Crippen molar-refractivity contribution in [2.45, 2.75) is 20.3 Å². The highest BCUT2D eigenvalue weighted by Crippen LogP contribution is 2.18. The number of thiocarbonyl (C=S) groups is 1. The third kappa shape index (κ3) is 4.49. The van der Waals surface area contributed by atoms with Crippen molar-refractivity contribution in [3.63, 3.8) is 0 Å². The van der Waals surface area contributed by atoms with Crippen LogP contribution in [0.15, 0.2) is 24.3 Å². The normalized spacial score (nSPS) is 11.8. The fourth-order valence-electron chi connectivity index (χ4n) is 1.95. The average molecular weight is 294 g/mol. The third-order valence-corrected chi connectivity index (χ3v) is 3.65. The quantitative estimate of drug-likeness (QED) is 0.782. The Balaban J connectivity index is 2.74. The van der Waals surface area contributed by atoms with E-state index in [1.807, 2.05) is 38.1 Å². The van der Waals surface area contributed by atoms with E-state index in [0.29, 0.717) is 24.5 Å². The first-order chi connectivity index (χ1) is 9.49. The highest BCUT2D eigenvalue weighted by Gasteiger charge is 2.18. The number of benzene rings is 1. The molecule has 5 heteroatoms. The Morgan fingerprint density at radius 1 is 1.45 bits per heavy atom. The SMILES string of the molecule is CCN(CC(C)C(N)=S)C(=O)Cc1ccccc1OC. The summed E-state index contributed by atoms with van der Waals surface area (Å²) in [5.41, 5.74) is 6.50. The predicted molar refractivity (Wildman–Crippen MR) is 84.9 cm³/mol. The second-order valence-electron chi connectivity index (χ2n) is 4.72. The van der Waals surface area contributed by atoms with Gasteiger partial charge < -0.3 is 15.4 Å². The molecule has 0 fully saturated rings. The summed E-state index contributed by atoms with van der Waals surface area (Å²) in [6.07, 6.45) is 0.321. The zero-order valence-corrected chi connectivity index (χ0v) is 13.1. The van der Waals surface area contributed by atoms with Crippen LogP contribution in [0.1, 0.15) is 19.4 Å². The Morgan fingerprint density at radius 3 is 2.65 bits per heavy atom. The van der Waals surface area contributed by atoms with Crippen LogP contribution in [0.25, 0.3) is 0 Å². The van der Waals surface area contributed by atoms with Crippen molar-refractivity contribution in [3.05, 3.63) is 29.8 Å². The lowest BCUT2D eigenvalue weighted by Gasteiger charge is -2.24. The fourth-order valence-corrected chi connectivity index (χ4v) is 2.03. The zero-order valence-electron chi connectivity index (χ0n) is 12.3. The van der Waals surface area contributed by atoms with Crippen LogP contribution in [0, 0.1) is 5.92 Å². The van der Waals surface area contributed by atoms with Crippen LogP contribution >= 0.6 is 12.2 Å². The van der Waals surface area contributed by atoms with Crippen LogP contribution < -0.4 is 10.5 Å². The average Bonchev–Trinajstić information content (AvgIpc) is 2.44. The van der Waals surface area contributed by atoms with E-state index in [9.17, 15) is 4.79 Å². The van der Waals surface area contributed by atoms with Crippen molar-refractivity contribution in [1.82, 2.24) is 4.90 Å². The number of nitrogens with two attached hydrogens (primary N) is 1. The molecule has 0 aliphatic heterocycles. The molecular formula is C15H22N2O2S. The Hall–Kier alpha value is -1.62. The molecule has 110 valence electrons. The molecule has 1 unspecified atom stereocenters. The monoisotopic (exact) mass is 294 g/mol. The van der Waals surface area contributed by atoms with Crippen molar-refractivity contribution < 1.29 is 9.53 Å². The van der Waals surface area contributed by atoms with Gasteiger partial charge in [0.25, 0.3) is 0 Å². The van der Waals surface area contributed by atoms with Gasteiger partial charge in [-0.3, -0.25) is 4.79 Å². The number of methoxy groups -OCH3 is 1. The zero-order chi connectivity index (χ0) is 15.1. The van der Waals surface area contributed by atoms with E-state index in [0.717, 1.165) is 11.3 Å². The van der Waals surface area contributed by atoms with Crippen molar-refractivity contribution in [2.24, 2.45) is 11.7 Å². The van der Waals surface area contributed by atoms with Crippen molar-refractivity contribution in [2.75, 3.05) is 20.2 Å². The molecule has 0 aliphatic carbocycles. The maximum absolute atomic E-state index is 12.4. The summed E-state index contributed by atoms with van der Waals surface area (Å²) in [7, 11) is 1.61. The number of carbonyl (C=O) groups excluding carboxylic acids is 1. The molecular weight excluding hydrogens is 272 g/mol. The Morgan fingerprint density at radius 2 is 2.10 bits per heavy atom. The Labute approximate surface area is 125 Å². The molecule has 1 atom stereocenters. The number of carbonyl (C=O) groups is 1. The molecule has 0 saturated heterocycles. The molecule has 1 rings (SSSR count). The standard InChI is InChI=1S/C15H22N2O2S/c1-4-17(10-11(2)15(16)20)14(18)9-12-7-5-6-8-13(12)19-3/h5-8,11H,4,9-10H2,1-3H3,(H2,16,20). The molecule has 2 N–H and O–H groups in total. The molecule has 0 aromatic heterocycles. The molecule has 20 heavy (non-hydrogen) atoms. The van der Waals surface area contributed by atoms with Gasteiger partial charge in [0.05, 0.1) is 18.5 Å². The van der Waals surface area contributed by atoms with Crippen molar-refractivity contribution in [3.8, 4) is 5.75 Å². The number of para-hydroxylation sites is 1. The van der Waals surface area contributed by atoms with E-state index in [4.69, 9.17) is 22.7 Å². The minimum atomic E-state index is 0.0200. The first-order valence-corrected chi connectivity index (χ1v) is 7.09. The van der Waals surface area contributed by atoms with Crippen molar-refractivity contribution >= 4 is 23.1 Å². The number of hydrogen-bond acceptors (Lipinski definition) is 3. The van der Waals surface area contributed by atoms with Gasteiger partial charge in [-0.1, -0.05) is 37.3 Å². The molecule has 1 amide bonds. The molecule has 0 spiro atoms. The summed E-state index contributed by atoms with van der Waals surface area (Å²) < 4.78 is 5.27. The van der Waals surface area contributed by atoms with Gasteiger partial charge in [-0.2, -0.15) is 0 Å². The summed E-state index contributed by atoms with van der Waals surface area (Å²) in [6.45, 7) is 5.08. The number of likely N-dealkylation sites (N-methyl/N-ethyl adjacent to an activating group) is 1. The summed E-state index contributed by atoms with van der Waals surface area (Å²) in [5, 5.41) is 0. The van der Waals surface area contributed by atoms with Crippen molar-refractivity contribution in [1.29, 1.82) is 0 Å². The topological polar surface area (TPSA) is 55.6 Å². The van der Waals surface area contributed by atoms with Crippen LogP contribution in [0.5, 0.6) is 5.75 Å². The van der Waals surface area contributed by atoms with E-state index < -0.39 is 0 Å². The van der Waals surface area contributed by atoms with Gasteiger partial charge in [-0.15, -0.1) is 0 Å². The molecule has 4 nitrogen and oxygen atoms in total. The number of hydrogen-bond donors (Lipinski definition) is 1. The highest BCUT2D eigenvalue weighted by molar-refractivity contribution is 7.80. The van der Waals surface area contributed by atoms with Gasteiger partial charge in [0, 0.05) is 24.6 Å². The van der Waals surface area contributed by atoms with Crippen LogP contribution in [0.4, 0.5) is 0 Å². The summed E-state index contributed by atoms with van der Waals surface area (Å²) >= 11 is 4.96. The van der Waals surface area contributed by atoms with Gasteiger partial charge in [-0.05, 0) is 13.0 Å². The van der Waals surface area contributed by atoms with Gasteiger partial charge in [-0.25, -0.2) is 0 Å². The maximum Gasteiger partial charge on any atom is 0.227 e. The number of ether oxygens (including phenoxy) is 1. The molecule has 1 aromatic carbocycles. The third-order valence-electron chi connectivity index (χ3n) is 3.25. The smallest absolute Gasteiger partial charge is 0.227 e. The van der Waals surface area contributed by atoms with Gasteiger partial charge >= 0.3 is 0 Å². The van der Waals surface area contributed by atoms with Gasteiger partial charge in [0.1, 0.15) is 5.75 Å². The molecule has 0 bridgehead atoms. The fraction of sp³-hybridized carbons (Fsp3) is 0.467. The summed E-state index contributed by atoms with van der Waals surface area (Å²) in [5.74, 6) is 0.811. The number of rotatable bonds is 7. The Kier molecular flexibility index (Phi) is 6.45. The molecule has 0 radical (unpaired) electrons. The Bertz CT molecular complexity index is 477. The van der Waals surface area contributed by atoms with Crippen LogP contribution in [0.3, 0.4) is 0 Å². The molecule has 1 aromatic rings.